The summed E-state index contributed by atoms with van der Waals surface area (Å²) in [6.45, 7) is 5.55. The zero-order chi connectivity index (χ0) is 26.4. The maximum absolute atomic E-state index is 15.0. The van der Waals surface area contributed by atoms with Crippen LogP contribution >= 0.6 is 11.3 Å². The Hall–Kier alpha value is -3.46. The van der Waals surface area contributed by atoms with E-state index in [1.165, 1.54) is 17.4 Å². The highest BCUT2D eigenvalue weighted by molar-refractivity contribution is 7.15. The Morgan fingerprint density at radius 1 is 1.05 bits per heavy atom. The van der Waals surface area contributed by atoms with E-state index in [0.717, 1.165) is 41.1 Å². The molecule has 4 rings (SSSR count). The number of carbonyl (C=O) groups is 2. The summed E-state index contributed by atoms with van der Waals surface area (Å²) < 4.78 is 20.2. The average Bonchev–Trinajstić information content (AvgIpc) is 3.34. The Labute approximate surface area is 220 Å². The van der Waals surface area contributed by atoms with Crippen molar-refractivity contribution in [1.82, 2.24) is 15.6 Å². The summed E-state index contributed by atoms with van der Waals surface area (Å²) in [5.74, 6) is -0.127. The van der Waals surface area contributed by atoms with Gasteiger partial charge in [0.2, 0.25) is 0 Å². The zero-order valence-corrected chi connectivity index (χ0v) is 22.1. The van der Waals surface area contributed by atoms with Gasteiger partial charge in [0.15, 0.2) is 0 Å². The van der Waals surface area contributed by atoms with Gasteiger partial charge in [0.05, 0.1) is 22.0 Å². The minimum atomic E-state index is -0.416. The van der Waals surface area contributed by atoms with E-state index >= 15 is 0 Å². The van der Waals surface area contributed by atoms with Crippen LogP contribution in [0.1, 0.15) is 69.0 Å². The van der Waals surface area contributed by atoms with E-state index in [2.05, 4.69) is 20.9 Å². The molecule has 3 N–H and O–H groups in total. The smallest absolute Gasteiger partial charge is 0.407 e. The van der Waals surface area contributed by atoms with Crippen molar-refractivity contribution >= 4 is 29.1 Å². The molecular weight excluding hydrogens is 491 g/mol. The minimum Gasteiger partial charge on any atom is -0.447 e. The summed E-state index contributed by atoms with van der Waals surface area (Å²) in [5, 5.41) is 9.48. The molecule has 3 aromatic rings. The molecule has 196 valence electrons. The number of alkyl carbamates (subject to hydrolysis) is 1. The van der Waals surface area contributed by atoms with E-state index in [9.17, 15) is 14.0 Å². The van der Waals surface area contributed by atoms with Gasteiger partial charge in [-0.05, 0) is 70.2 Å². The van der Waals surface area contributed by atoms with Crippen LogP contribution in [-0.4, -0.2) is 29.3 Å². The van der Waals surface area contributed by atoms with E-state index in [1.807, 2.05) is 51.1 Å². The number of ether oxygens (including phenoxy) is 1. The van der Waals surface area contributed by atoms with Gasteiger partial charge in [0.25, 0.3) is 0 Å². The van der Waals surface area contributed by atoms with E-state index < -0.39 is 11.8 Å². The van der Waals surface area contributed by atoms with Gasteiger partial charge in [-0.3, -0.25) is 0 Å². The van der Waals surface area contributed by atoms with Crippen molar-refractivity contribution in [2.24, 2.45) is 0 Å². The number of carbonyl (C=O) groups excluding carboxylic acids is 2. The molecule has 1 fully saturated rings. The third-order valence-corrected chi connectivity index (χ3v) is 7.60. The van der Waals surface area contributed by atoms with Crippen LogP contribution in [0, 0.1) is 5.82 Å². The van der Waals surface area contributed by atoms with Crippen LogP contribution in [0.2, 0.25) is 0 Å². The number of thiazole rings is 1. The SMILES string of the molecule is CC(C)OC(=O)NC1CCC(c2ncc(-c3ccc(NC(=O)N[C@H](C)c4ccccc4)cc3F)s2)CC1. The Balaban J connectivity index is 1.31. The molecule has 37 heavy (non-hydrogen) atoms. The van der Waals surface area contributed by atoms with Gasteiger partial charge >= 0.3 is 12.1 Å². The van der Waals surface area contributed by atoms with Crippen LogP contribution in [0.25, 0.3) is 10.4 Å². The largest absolute Gasteiger partial charge is 0.447 e. The van der Waals surface area contributed by atoms with Crippen LogP contribution in [0.3, 0.4) is 0 Å². The van der Waals surface area contributed by atoms with E-state index in [-0.39, 0.29) is 30.2 Å². The number of hydrogen-bond donors (Lipinski definition) is 3. The van der Waals surface area contributed by atoms with Gasteiger partial charge in [0, 0.05) is 29.4 Å². The van der Waals surface area contributed by atoms with E-state index in [1.54, 1.807) is 18.3 Å². The van der Waals surface area contributed by atoms with Crippen molar-refractivity contribution in [3.05, 3.63) is 71.1 Å². The number of nitrogens with zero attached hydrogens (tertiary/aromatic N) is 1. The second kappa shape index (κ2) is 12.2. The van der Waals surface area contributed by atoms with Gasteiger partial charge in [-0.1, -0.05) is 30.3 Å². The average molecular weight is 525 g/mol. The number of halogens is 1. The lowest BCUT2D eigenvalue weighted by Gasteiger charge is -2.28. The van der Waals surface area contributed by atoms with Crippen LogP contribution in [0.5, 0.6) is 0 Å². The van der Waals surface area contributed by atoms with Crippen molar-refractivity contribution in [3.8, 4) is 10.4 Å². The highest BCUT2D eigenvalue weighted by atomic mass is 32.1. The van der Waals surface area contributed by atoms with Crippen molar-refractivity contribution in [2.75, 3.05) is 5.32 Å². The fourth-order valence-electron chi connectivity index (χ4n) is 4.48. The van der Waals surface area contributed by atoms with E-state index in [0.29, 0.717) is 11.3 Å². The summed E-state index contributed by atoms with van der Waals surface area (Å²) in [6, 6.07) is 13.8. The normalized spacial score (nSPS) is 18.2. The molecule has 1 saturated carbocycles. The maximum Gasteiger partial charge on any atom is 0.407 e. The number of anilines is 1. The number of amides is 3. The number of benzene rings is 2. The van der Waals surface area contributed by atoms with Crippen LogP contribution in [0.4, 0.5) is 19.7 Å². The minimum absolute atomic E-state index is 0.104. The van der Waals surface area contributed by atoms with Gasteiger partial charge in [-0.25, -0.2) is 19.0 Å². The molecule has 0 aliphatic heterocycles. The third-order valence-electron chi connectivity index (χ3n) is 6.40. The molecule has 7 nitrogen and oxygen atoms in total. The summed E-state index contributed by atoms with van der Waals surface area (Å²) in [4.78, 5) is 29.6. The zero-order valence-electron chi connectivity index (χ0n) is 21.3. The molecule has 0 unspecified atom stereocenters. The molecule has 3 amide bonds. The molecule has 1 heterocycles. The topological polar surface area (TPSA) is 92.3 Å². The summed E-state index contributed by atoms with van der Waals surface area (Å²) in [6.07, 6.45) is 4.72. The Morgan fingerprint density at radius 2 is 1.78 bits per heavy atom. The summed E-state index contributed by atoms with van der Waals surface area (Å²) in [7, 11) is 0. The second-order valence-electron chi connectivity index (χ2n) is 9.64. The molecular formula is C28H33FN4O3S. The quantitative estimate of drug-likeness (QED) is 0.310. The predicted octanol–water partition coefficient (Wildman–Crippen LogP) is 6.99. The lowest BCUT2D eigenvalue weighted by Crippen LogP contribution is -2.38. The van der Waals surface area contributed by atoms with Gasteiger partial charge in [-0.15, -0.1) is 11.3 Å². The number of urea groups is 1. The number of aromatic nitrogens is 1. The molecule has 0 bridgehead atoms. The molecule has 0 saturated heterocycles. The highest BCUT2D eigenvalue weighted by Gasteiger charge is 2.26. The Morgan fingerprint density at radius 3 is 2.46 bits per heavy atom. The van der Waals surface area contributed by atoms with Crippen LogP contribution in [0.15, 0.2) is 54.7 Å². The lowest BCUT2D eigenvalue weighted by atomic mass is 9.86. The fraction of sp³-hybridized carbons (Fsp3) is 0.393. The number of hydrogen-bond acceptors (Lipinski definition) is 5. The first kappa shape index (κ1) is 26.6. The predicted molar refractivity (Wildman–Crippen MR) is 144 cm³/mol. The monoisotopic (exact) mass is 524 g/mol. The second-order valence-corrected chi connectivity index (χ2v) is 10.7. The summed E-state index contributed by atoms with van der Waals surface area (Å²) in [5.41, 5.74) is 1.82. The van der Waals surface area contributed by atoms with Crippen LogP contribution < -0.4 is 16.0 Å². The Bertz CT molecular complexity index is 1210. The number of rotatable bonds is 7. The molecule has 2 aromatic carbocycles. The third kappa shape index (κ3) is 7.29. The van der Waals surface area contributed by atoms with Crippen molar-refractivity contribution in [1.29, 1.82) is 0 Å². The van der Waals surface area contributed by atoms with Crippen molar-refractivity contribution in [3.63, 3.8) is 0 Å². The first-order valence-corrected chi connectivity index (χ1v) is 13.5. The molecule has 1 aliphatic rings. The maximum atomic E-state index is 15.0. The molecule has 1 atom stereocenters. The highest BCUT2D eigenvalue weighted by Crippen LogP contribution is 2.38. The molecule has 0 radical (unpaired) electrons. The first-order chi connectivity index (χ1) is 17.8. The van der Waals surface area contributed by atoms with Crippen LogP contribution in [-0.2, 0) is 4.74 Å². The Kier molecular flexibility index (Phi) is 8.76. The number of nitrogens with one attached hydrogen (secondary N) is 3. The van der Waals surface area contributed by atoms with Gasteiger partial charge < -0.3 is 20.7 Å². The van der Waals surface area contributed by atoms with Gasteiger partial charge in [0.1, 0.15) is 5.82 Å². The molecule has 1 aromatic heterocycles. The fourth-order valence-corrected chi connectivity index (χ4v) is 5.60. The van der Waals surface area contributed by atoms with Crippen molar-refractivity contribution in [2.45, 2.75) is 70.6 Å². The standard InChI is InChI=1S/C28H33FN4O3S/c1-17(2)36-28(35)33-21-11-9-20(10-12-21)26-30-16-25(37-26)23-14-13-22(15-24(23)29)32-27(34)31-18(3)19-7-5-4-6-8-19/h4-8,13-18,20-21H,9-12H2,1-3H3,(H,33,35)(H2,31,32,34)/t18-,20?,21?/m1/s1. The van der Waals surface area contributed by atoms with Gasteiger partial charge in [-0.2, -0.15) is 0 Å². The molecule has 9 heteroatoms. The lowest BCUT2D eigenvalue weighted by molar-refractivity contribution is 0.109. The van der Waals surface area contributed by atoms with Crippen molar-refractivity contribution < 1.29 is 18.7 Å². The van der Waals surface area contributed by atoms with E-state index in [4.69, 9.17) is 4.74 Å². The summed E-state index contributed by atoms with van der Waals surface area (Å²) >= 11 is 1.49. The first-order valence-electron chi connectivity index (χ1n) is 12.6. The molecule has 0 spiro atoms. The molecule has 1 aliphatic carbocycles.